The smallest absolute Gasteiger partial charge is 0.321 e. The summed E-state index contributed by atoms with van der Waals surface area (Å²) in [5.74, 6) is -0.271. The third-order valence-corrected chi connectivity index (χ3v) is 4.51. The fourth-order valence-corrected chi connectivity index (χ4v) is 2.95. The van der Waals surface area contributed by atoms with Crippen molar-refractivity contribution < 1.29 is 14.3 Å². The molecule has 2 N–H and O–H groups in total. The first kappa shape index (κ1) is 19.5. The molecule has 1 fully saturated rings. The Kier molecular flexibility index (Phi) is 7.04. The average molecular weight is 369 g/mol. The molecule has 1 atom stereocenters. The highest BCUT2D eigenvalue weighted by atomic mass is 35.5. The molecular weight excluding hydrogens is 344 g/mol. The molecule has 0 aliphatic carbocycles. The quantitative estimate of drug-likeness (QED) is 0.837. The molecule has 8 heteroatoms. The zero-order chi connectivity index (χ0) is 18.4. The van der Waals surface area contributed by atoms with Gasteiger partial charge in [-0.3, -0.25) is 4.79 Å². The Labute approximate surface area is 153 Å². The zero-order valence-electron chi connectivity index (χ0n) is 14.8. The van der Waals surface area contributed by atoms with Gasteiger partial charge in [-0.05, 0) is 45.1 Å². The molecular formula is C17H25ClN4O3. The summed E-state index contributed by atoms with van der Waals surface area (Å²) in [6.07, 6.45) is 2.05. The van der Waals surface area contributed by atoms with Crippen molar-refractivity contribution in [3.63, 3.8) is 0 Å². The molecule has 0 radical (unpaired) electrons. The van der Waals surface area contributed by atoms with Crippen LogP contribution >= 0.6 is 11.6 Å². The molecule has 2 rings (SSSR count). The molecule has 1 aromatic rings. The van der Waals surface area contributed by atoms with Crippen molar-refractivity contribution >= 4 is 34.9 Å². The minimum atomic E-state index is -0.271. The summed E-state index contributed by atoms with van der Waals surface area (Å²) < 4.78 is 4.78. The minimum Gasteiger partial charge on any atom is -0.375 e. The zero-order valence-corrected chi connectivity index (χ0v) is 15.6. The molecule has 7 nitrogen and oxygen atoms in total. The Morgan fingerprint density at radius 2 is 2.12 bits per heavy atom. The lowest BCUT2D eigenvalue weighted by Gasteiger charge is -2.36. The Bertz CT molecular complexity index is 624. The van der Waals surface area contributed by atoms with Crippen molar-refractivity contribution in [3.05, 3.63) is 23.2 Å². The van der Waals surface area contributed by atoms with Gasteiger partial charge in [-0.15, -0.1) is 0 Å². The van der Waals surface area contributed by atoms with Crippen LogP contribution < -0.4 is 10.6 Å². The number of nitrogens with one attached hydrogen (secondary N) is 2. The van der Waals surface area contributed by atoms with Crippen molar-refractivity contribution in [1.82, 2.24) is 9.80 Å². The summed E-state index contributed by atoms with van der Waals surface area (Å²) in [6, 6.07) is 5.12. The number of amides is 3. The van der Waals surface area contributed by atoms with Gasteiger partial charge in [-0.2, -0.15) is 0 Å². The second-order valence-electron chi connectivity index (χ2n) is 6.31. The Morgan fingerprint density at radius 3 is 2.80 bits per heavy atom. The van der Waals surface area contributed by atoms with Crippen LogP contribution in [-0.4, -0.2) is 68.7 Å². The third kappa shape index (κ3) is 5.59. The number of hydrogen-bond acceptors (Lipinski definition) is 4. The highest BCUT2D eigenvalue weighted by Crippen LogP contribution is 2.26. The molecule has 0 aromatic heterocycles. The number of benzene rings is 1. The van der Waals surface area contributed by atoms with Gasteiger partial charge in [-0.25, -0.2) is 4.79 Å². The van der Waals surface area contributed by atoms with Crippen LogP contribution in [0.2, 0.25) is 5.02 Å². The molecule has 0 saturated carbocycles. The van der Waals surface area contributed by atoms with Gasteiger partial charge in [0, 0.05) is 31.9 Å². The van der Waals surface area contributed by atoms with E-state index in [0.29, 0.717) is 29.0 Å². The van der Waals surface area contributed by atoms with Crippen LogP contribution in [0.25, 0.3) is 0 Å². The fourth-order valence-electron chi connectivity index (χ4n) is 2.78. The molecule has 1 aliphatic heterocycles. The van der Waals surface area contributed by atoms with Crippen LogP contribution in [0.15, 0.2) is 18.2 Å². The largest absolute Gasteiger partial charge is 0.375 e. The highest BCUT2D eigenvalue weighted by molar-refractivity contribution is 6.33. The predicted molar refractivity (Wildman–Crippen MR) is 99.3 cm³/mol. The van der Waals surface area contributed by atoms with Crippen LogP contribution in [0.4, 0.5) is 16.2 Å². The number of piperidine rings is 1. The summed E-state index contributed by atoms with van der Waals surface area (Å²) in [6.45, 7) is 1.36. The van der Waals surface area contributed by atoms with E-state index in [1.54, 1.807) is 23.1 Å². The van der Waals surface area contributed by atoms with Crippen LogP contribution in [0, 0.1) is 0 Å². The Hall–Kier alpha value is -1.83. The second-order valence-corrected chi connectivity index (χ2v) is 6.72. The van der Waals surface area contributed by atoms with E-state index in [4.69, 9.17) is 16.3 Å². The van der Waals surface area contributed by atoms with Crippen molar-refractivity contribution in [2.24, 2.45) is 0 Å². The third-order valence-electron chi connectivity index (χ3n) is 4.18. The summed E-state index contributed by atoms with van der Waals surface area (Å²) in [5, 5.41) is 5.95. The number of urea groups is 1. The van der Waals surface area contributed by atoms with Gasteiger partial charge in [0.2, 0.25) is 5.91 Å². The fraction of sp³-hybridized carbons (Fsp3) is 0.529. The molecule has 3 amide bonds. The van der Waals surface area contributed by atoms with E-state index in [-0.39, 0.29) is 18.5 Å². The summed E-state index contributed by atoms with van der Waals surface area (Å²) in [7, 11) is 5.50. The molecule has 1 aromatic carbocycles. The molecule has 1 saturated heterocycles. The van der Waals surface area contributed by atoms with Gasteiger partial charge in [0.15, 0.2) is 0 Å². The Balaban J connectivity index is 2.03. The molecule has 138 valence electrons. The monoisotopic (exact) mass is 368 g/mol. The maximum absolute atomic E-state index is 12.6. The first-order valence-corrected chi connectivity index (χ1v) is 8.59. The first-order valence-electron chi connectivity index (χ1n) is 8.21. The highest BCUT2D eigenvalue weighted by Gasteiger charge is 2.25. The van der Waals surface area contributed by atoms with Gasteiger partial charge in [0.1, 0.15) is 6.61 Å². The molecule has 0 spiro atoms. The van der Waals surface area contributed by atoms with Crippen LogP contribution in [-0.2, 0) is 9.53 Å². The topological polar surface area (TPSA) is 73.9 Å². The summed E-state index contributed by atoms with van der Waals surface area (Å²) >= 11 is 6.18. The number of rotatable bonds is 5. The number of carbonyl (C=O) groups excluding carboxylic acids is 2. The maximum atomic E-state index is 12.6. The standard InChI is InChI=1S/C17H25ClN4O3/c1-21(2)13-5-4-8-22(10-13)17(24)20-15-9-12(6-7-14(15)18)19-16(23)11-25-3/h6-7,9,13H,4-5,8,10-11H2,1-3H3,(H,19,23)(H,20,24)/t13-/m0/s1. The number of nitrogens with zero attached hydrogens (tertiary/aromatic N) is 2. The Morgan fingerprint density at radius 1 is 1.36 bits per heavy atom. The average Bonchev–Trinajstić information content (AvgIpc) is 2.58. The lowest BCUT2D eigenvalue weighted by Crippen LogP contribution is -2.48. The number of hydrogen-bond donors (Lipinski definition) is 2. The van der Waals surface area contributed by atoms with Gasteiger partial charge < -0.3 is 25.2 Å². The van der Waals surface area contributed by atoms with E-state index in [1.807, 2.05) is 14.1 Å². The molecule has 1 aliphatic rings. The van der Waals surface area contributed by atoms with Crippen LogP contribution in [0.1, 0.15) is 12.8 Å². The van der Waals surface area contributed by atoms with E-state index in [9.17, 15) is 9.59 Å². The van der Waals surface area contributed by atoms with Gasteiger partial charge >= 0.3 is 6.03 Å². The number of likely N-dealkylation sites (N-methyl/N-ethyl adjacent to an activating group) is 1. The lowest BCUT2D eigenvalue weighted by molar-refractivity contribution is -0.119. The van der Waals surface area contributed by atoms with Crippen molar-refractivity contribution in [2.75, 3.05) is 51.5 Å². The number of anilines is 2. The predicted octanol–water partition coefficient (Wildman–Crippen LogP) is 2.48. The first-order chi connectivity index (χ1) is 11.9. The molecule has 0 unspecified atom stereocenters. The number of carbonyl (C=O) groups is 2. The van der Waals surface area contributed by atoms with Crippen molar-refractivity contribution in [1.29, 1.82) is 0 Å². The number of halogens is 1. The maximum Gasteiger partial charge on any atom is 0.321 e. The molecule has 0 bridgehead atoms. The molecule has 1 heterocycles. The minimum absolute atomic E-state index is 0.0377. The normalized spacial score (nSPS) is 17.5. The van der Waals surface area contributed by atoms with E-state index < -0.39 is 0 Å². The van der Waals surface area contributed by atoms with E-state index in [0.717, 1.165) is 19.4 Å². The SMILES string of the molecule is COCC(=O)Nc1ccc(Cl)c(NC(=O)N2CCC[C@H](N(C)C)C2)c1. The van der Waals surface area contributed by atoms with E-state index in [1.165, 1.54) is 7.11 Å². The van der Waals surface area contributed by atoms with Gasteiger partial charge in [-0.1, -0.05) is 11.6 Å². The lowest BCUT2D eigenvalue weighted by atomic mass is 10.1. The number of ether oxygens (including phenoxy) is 1. The second kappa shape index (κ2) is 9.03. The van der Waals surface area contributed by atoms with E-state index in [2.05, 4.69) is 15.5 Å². The van der Waals surface area contributed by atoms with Gasteiger partial charge in [0.25, 0.3) is 0 Å². The van der Waals surface area contributed by atoms with Crippen molar-refractivity contribution in [2.45, 2.75) is 18.9 Å². The molecule has 25 heavy (non-hydrogen) atoms. The number of likely N-dealkylation sites (tertiary alicyclic amines) is 1. The van der Waals surface area contributed by atoms with Crippen molar-refractivity contribution in [3.8, 4) is 0 Å². The van der Waals surface area contributed by atoms with Gasteiger partial charge in [0.05, 0.1) is 10.7 Å². The summed E-state index contributed by atoms with van der Waals surface area (Å²) in [5.41, 5.74) is 1.01. The van der Waals surface area contributed by atoms with Crippen LogP contribution in [0.5, 0.6) is 0 Å². The summed E-state index contributed by atoms with van der Waals surface area (Å²) in [4.78, 5) is 28.1. The number of methoxy groups -OCH3 is 1. The van der Waals surface area contributed by atoms with E-state index >= 15 is 0 Å². The van der Waals surface area contributed by atoms with Crippen LogP contribution in [0.3, 0.4) is 0 Å².